The number of amides is 1. The second-order valence-electron chi connectivity index (χ2n) is 8.88. The predicted molar refractivity (Wildman–Crippen MR) is 127 cm³/mol. The molecule has 3 aromatic carbocycles. The minimum Gasteiger partial charge on any atom is -0.444 e. The standard InChI is InChI=1S/C26H34N2O3/c1-26(2,3)31-25(30)28(16-8-14-27-15-9-17-29)19-24-22-12-6-4-10-20(22)18-21-11-5-7-13-23(21)24/h4-7,10-13,18,27,29H,8-9,14-17,19H2,1-3H3. The van der Waals surface area contributed by atoms with Crippen LogP contribution in [0.4, 0.5) is 4.79 Å². The molecule has 0 bridgehead atoms. The van der Waals surface area contributed by atoms with Crippen molar-refractivity contribution in [1.29, 1.82) is 0 Å². The Morgan fingerprint density at radius 3 is 2.13 bits per heavy atom. The monoisotopic (exact) mass is 422 g/mol. The van der Waals surface area contributed by atoms with Crippen LogP contribution < -0.4 is 5.32 Å². The molecule has 0 aliphatic carbocycles. The molecule has 166 valence electrons. The molecule has 5 heteroatoms. The molecule has 0 fully saturated rings. The lowest BCUT2D eigenvalue weighted by Gasteiger charge is -2.28. The van der Waals surface area contributed by atoms with Gasteiger partial charge in [-0.3, -0.25) is 0 Å². The summed E-state index contributed by atoms with van der Waals surface area (Å²) in [5, 5.41) is 16.9. The topological polar surface area (TPSA) is 61.8 Å². The lowest BCUT2D eigenvalue weighted by atomic mass is 9.96. The van der Waals surface area contributed by atoms with Gasteiger partial charge in [0.15, 0.2) is 0 Å². The van der Waals surface area contributed by atoms with Gasteiger partial charge in [0, 0.05) is 13.2 Å². The molecule has 31 heavy (non-hydrogen) atoms. The first-order chi connectivity index (χ1) is 14.9. The molecule has 0 unspecified atom stereocenters. The Morgan fingerprint density at radius 2 is 1.55 bits per heavy atom. The van der Waals surface area contributed by atoms with Gasteiger partial charge in [-0.1, -0.05) is 48.5 Å². The third-order valence-corrected chi connectivity index (χ3v) is 5.18. The Kier molecular flexibility index (Phi) is 7.88. The van der Waals surface area contributed by atoms with Crippen molar-refractivity contribution in [2.75, 3.05) is 26.2 Å². The van der Waals surface area contributed by atoms with Crippen molar-refractivity contribution in [3.8, 4) is 0 Å². The molecule has 0 spiro atoms. The summed E-state index contributed by atoms with van der Waals surface area (Å²) >= 11 is 0. The van der Waals surface area contributed by atoms with Crippen molar-refractivity contribution in [3.63, 3.8) is 0 Å². The van der Waals surface area contributed by atoms with Crippen LogP contribution in [-0.4, -0.2) is 47.9 Å². The fourth-order valence-corrected chi connectivity index (χ4v) is 3.75. The molecule has 0 saturated carbocycles. The molecule has 1 amide bonds. The SMILES string of the molecule is CC(C)(C)OC(=O)N(CCCNCCCO)Cc1c2ccccc2cc2ccccc12. The zero-order chi connectivity index (χ0) is 22.3. The van der Waals surface area contributed by atoms with E-state index in [1.165, 1.54) is 10.8 Å². The van der Waals surface area contributed by atoms with Crippen molar-refractivity contribution in [2.45, 2.75) is 45.8 Å². The van der Waals surface area contributed by atoms with Crippen LogP contribution in [-0.2, 0) is 11.3 Å². The highest BCUT2D eigenvalue weighted by Crippen LogP contribution is 2.30. The Hall–Kier alpha value is -2.63. The summed E-state index contributed by atoms with van der Waals surface area (Å²) in [5.74, 6) is 0. The first-order valence-corrected chi connectivity index (χ1v) is 11.1. The summed E-state index contributed by atoms with van der Waals surface area (Å²) in [7, 11) is 0. The van der Waals surface area contributed by atoms with Crippen LogP contribution in [0.25, 0.3) is 21.5 Å². The van der Waals surface area contributed by atoms with Gasteiger partial charge in [-0.2, -0.15) is 0 Å². The number of fused-ring (bicyclic) bond motifs is 2. The van der Waals surface area contributed by atoms with Gasteiger partial charge in [-0.05, 0) is 79.9 Å². The minimum atomic E-state index is -0.546. The van der Waals surface area contributed by atoms with Crippen molar-refractivity contribution in [3.05, 3.63) is 60.2 Å². The summed E-state index contributed by atoms with van der Waals surface area (Å²) in [6.07, 6.45) is 1.25. The van der Waals surface area contributed by atoms with Gasteiger partial charge < -0.3 is 20.1 Å². The molecule has 0 saturated heterocycles. The number of benzene rings is 3. The lowest BCUT2D eigenvalue weighted by molar-refractivity contribution is 0.0233. The smallest absolute Gasteiger partial charge is 0.410 e. The number of nitrogens with zero attached hydrogens (tertiary/aromatic N) is 1. The van der Waals surface area contributed by atoms with E-state index in [-0.39, 0.29) is 12.7 Å². The zero-order valence-corrected chi connectivity index (χ0v) is 18.9. The maximum absolute atomic E-state index is 13.1. The zero-order valence-electron chi connectivity index (χ0n) is 18.9. The number of aliphatic hydroxyl groups excluding tert-OH is 1. The van der Waals surface area contributed by atoms with Crippen LogP contribution in [0.3, 0.4) is 0 Å². The molecule has 0 atom stereocenters. The van der Waals surface area contributed by atoms with Crippen LogP contribution in [0.5, 0.6) is 0 Å². The number of hydrogen-bond acceptors (Lipinski definition) is 4. The average molecular weight is 423 g/mol. The molecular weight excluding hydrogens is 388 g/mol. The molecule has 3 rings (SSSR count). The van der Waals surface area contributed by atoms with Crippen LogP contribution in [0, 0.1) is 0 Å². The van der Waals surface area contributed by atoms with E-state index in [0.717, 1.165) is 42.3 Å². The number of ether oxygens (including phenoxy) is 1. The molecule has 5 nitrogen and oxygen atoms in total. The first kappa shape index (κ1) is 23.0. The van der Waals surface area contributed by atoms with Crippen molar-refractivity contribution >= 4 is 27.6 Å². The van der Waals surface area contributed by atoms with Gasteiger partial charge >= 0.3 is 6.09 Å². The van der Waals surface area contributed by atoms with E-state index in [1.807, 2.05) is 49.9 Å². The van der Waals surface area contributed by atoms with Crippen molar-refractivity contribution < 1.29 is 14.6 Å². The number of rotatable bonds is 9. The van der Waals surface area contributed by atoms with Gasteiger partial charge in [-0.25, -0.2) is 4.79 Å². The van der Waals surface area contributed by atoms with Crippen LogP contribution in [0.2, 0.25) is 0 Å². The number of nitrogens with one attached hydrogen (secondary N) is 1. The number of aliphatic hydroxyl groups is 1. The van der Waals surface area contributed by atoms with Gasteiger partial charge in [0.2, 0.25) is 0 Å². The third-order valence-electron chi connectivity index (χ3n) is 5.18. The highest BCUT2D eigenvalue weighted by molar-refractivity contribution is 6.02. The number of carbonyl (C=O) groups is 1. The largest absolute Gasteiger partial charge is 0.444 e. The summed E-state index contributed by atoms with van der Waals surface area (Å²) < 4.78 is 5.73. The van der Waals surface area contributed by atoms with E-state index in [9.17, 15) is 4.79 Å². The third kappa shape index (κ3) is 6.42. The Balaban J connectivity index is 1.88. The van der Waals surface area contributed by atoms with Gasteiger partial charge in [0.1, 0.15) is 5.60 Å². The molecule has 0 aliphatic heterocycles. The lowest BCUT2D eigenvalue weighted by Crippen LogP contribution is -2.38. The average Bonchev–Trinajstić information content (AvgIpc) is 2.73. The van der Waals surface area contributed by atoms with E-state index in [2.05, 4.69) is 35.6 Å². The highest BCUT2D eigenvalue weighted by Gasteiger charge is 2.23. The van der Waals surface area contributed by atoms with Gasteiger partial charge in [-0.15, -0.1) is 0 Å². The van der Waals surface area contributed by atoms with Gasteiger partial charge in [0.05, 0.1) is 6.54 Å². The quantitative estimate of drug-likeness (QED) is 0.372. The van der Waals surface area contributed by atoms with Gasteiger partial charge in [0.25, 0.3) is 0 Å². The van der Waals surface area contributed by atoms with E-state index < -0.39 is 5.60 Å². The maximum atomic E-state index is 13.1. The molecule has 0 radical (unpaired) electrons. The molecule has 0 heterocycles. The first-order valence-electron chi connectivity index (χ1n) is 11.1. The predicted octanol–water partition coefficient (Wildman–Crippen LogP) is 5.09. The molecular formula is C26H34N2O3. The van der Waals surface area contributed by atoms with Crippen LogP contribution in [0.1, 0.15) is 39.2 Å². The van der Waals surface area contributed by atoms with Crippen LogP contribution >= 0.6 is 0 Å². The molecule has 0 aromatic heterocycles. The number of hydrogen-bond donors (Lipinski definition) is 2. The normalized spacial score (nSPS) is 11.7. The minimum absolute atomic E-state index is 0.186. The van der Waals surface area contributed by atoms with Crippen LogP contribution in [0.15, 0.2) is 54.6 Å². The van der Waals surface area contributed by atoms with E-state index in [1.54, 1.807) is 0 Å². The maximum Gasteiger partial charge on any atom is 0.410 e. The highest BCUT2D eigenvalue weighted by atomic mass is 16.6. The summed E-state index contributed by atoms with van der Waals surface area (Å²) in [4.78, 5) is 14.9. The fourth-order valence-electron chi connectivity index (χ4n) is 3.75. The van der Waals surface area contributed by atoms with Crippen molar-refractivity contribution in [2.24, 2.45) is 0 Å². The van der Waals surface area contributed by atoms with E-state index in [0.29, 0.717) is 13.1 Å². The van der Waals surface area contributed by atoms with Crippen molar-refractivity contribution in [1.82, 2.24) is 10.2 Å². The van der Waals surface area contributed by atoms with E-state index in [4.69, 9.17) is 9.84 Å². The summed E-state index contributed by atoms with van der Waals surface area (Å²) in [5.41, 5.74) is 0.600. The Bertz CT molecular complexity index is 956. The summed E-state index contributed by atoms with van der Waals surface area (Å²) in [6.45, 7) is 8.52. The number of carbonyl (C=O) groups excluding carboxylic acids is 1. The second kappa shape index (κ2) is 10.6. The fraction of sp³-hybridized carbons (Fsp3) is 0.423. The summed E-state index contributed by atoms with van der Waals surface area (Å²) in [6, 6.07) is 18.9. The molecule has 0 aliphatic rings. The second-order valence-corrected chi connectivity index (χ2v) is 8.88. The Labute approximate surface area is 185 Å². The van der Waals surface area contributed by atoms with E-state index >= 15 is 0 Å². The molecule has 2 N–H and O–H groups in total. The Morgan fingerprint density at radius 1 is 0.968 bits per heavy atom. The molecule has 3 aromatic rings.